The normalized spacial score (nSPS) is 16.0. The van der Waals surface area contributed by atoms with Gasteiger partial charge in [0.1, 0.15) is 5.82 Å². The monoisotopic (exact) mass is 383 g/mol. The quantitative estimate of drug-likeness (QED) is 0.791. The maximum atomic E-state index is 13.0. The van der Waals surface area contributed by atoms with E-state index in [9.17, 15) is 12.8 Å². The molecule has 0 aliphatic carbocycles. The summed E-state index contributed by atoms with van der Waals surface area (Å²) in [6.07, 6.45) is -0.194. The van der Waals surface area contributed by atoms with Gasteiger partial charge in [0.25, 0.3) is 0 Å². The van der Waals surface area contributed by atoms with E-state index in [0.29, 0.717) is 28.6 Å². The van der Waals surface area contributed by atoms with Crippen molar-refractivity contribution in [2.75, 3.05) is 13.1 Å². The van der Waals surface area contributed by atoms with Crippen molar-refractivity contribution < 1.29 is 17.5 Å². The SMILES string of the molecule is Cc1ccc(C)c(S(=O)(=O)N2CC(OCc3ccc(F)cc3Cl)C2)c1. The second-order valence-corrected chi connectivity index (χ2v) is 8.57. The topological polar surface area (TPSA) is 46.6 Å². The highest BCUT2D eigenvalue weighted by molar-refractivity contribution is 7.89. The summed E-state index contributed by atoms with van der Waals surface area (Å²) in [5, 5.41) is 0.305. The molecular weight excluding hydrogens is 365 g/mol. The van der Waals surface area contributed by atoms with E-state index in [4.69, 9.17) is 16.3 Å². The fourth-order valence-electron chi connectivity index (χ4n) is 2.67. The van der Waals surface area contributed by atoms with Crippen molar-refractivity contribution in [3.8, 4) is 0 Å². The average molecular weight is 384 g/mol. The molecule has 1 heterocycles. The fraction of sp³-hybridized carbons (Fsp3) is 0.333. The van der Waals surface area contributed by atoms with Crippen LogP contribution in [0.5, 0.6) is 0 Å². The lowest BCUT2D eigenvalue weighted by Crippen LogP contribution is -2.54. The van der Waals surface area contributed by atoms with Crippen LogP contribution in [0.15, 0.2) is 41.3 Å². The number of hydrogen-bond donors (Lipinski definition) is 0. The van der Waals surface area contributed by atoms with Crippen molar-refractivity contribution in [3.63, 3.8) is 0 Å². The minimum absolute atomic E-state index is 0.194. The summed E-state index contributed by atoms with van der Waals surface area (Å²) in [5.41, 5.74) is 2.32. The van der Waals surface area contributed by atoms with Crippen molar-refractivity contribution in [2.45, 2.75) is 31.5 Å². The van der Waals surface area contributed by atoms with Crippen molar-refractivity contribution in [1.82, 2.24) is 4.31 Å². The number of aryl methyl sites for hydroxylation is 2. The predicted octanol–water partition coefficient (Wildman–Crippen LogP) is 3.69. The van der Waals surface area contributed by atoms with Gasteiger partial charge in [-0.1, -0.05) is 29.8 Å². The molecule has 0 aromatic heterocycles. The molecule has 2 aromatic rings. The standard InChI is InChI=1S/C18H19ClFNO3S/c1-12-3-4-13(2)18(7-12)25(22,23)21-9-16(10-21)24-11-14-5-6-15(20)8-17(14)19/h3-8,16H,9-11H2,1-2H3. The van der Waals surface area contributed by atoms with Gasteiger partial charge in [-0.3, -0.25) is 0 Å². The number of sulfonamides is 1. The van der Waals surface area contributed by atoms with Gasteiger partial charge in [0.15, 0.2) is 0 Å². The van der Waals surface area contributed by atoms with E-state index in [2.05, 4.69) is 0 Å². The Morgan fingerprint density at radius 2 is 1.92 bits per heavy atom. The van der Waals surface area contributed by atoms with Crippen molar-refractivity contribution in [3.05, 3.63) is 63.9 Å². The summed E-state index contributed by atoms with van der Waals surface area (Å²) in [4.78, 5) is 0.340. The molecular formula is C18H19ClFNO3S. The third-order valence-electron chi connectivity index (χ3n) is 4.27. The van der Waals surface area contributed by atoms with Crippen LogP contribution in [0.1, 0.15) is 16.7 Å². The third kappa shape index (κ3) is 3.87. The van der Waals surface area contributed by atoms with Gasteiger partial charge in [0, 0.05) is 18.1 Å². The lowest BCUT2D eigenvalue weighted by molar-refractivity contribution is -0.0295. The summed E-state index contributed by atoms with van der Waals surface area (Å²) >= 11 is 5.96. The van der Waals surface area contributed by atoms with Crippen LogP contribution in [0.25, 0.3) is 0 Å². The summed E-state index contributed by atoms with van der Waals surface area (Å²) < 4.78 is 45.5. The highest BCUT2D eigenvalue weighted by Crippen LogP contribution is 2.27. The number of rotatable bonds is 5. The Hall–Kier alpha value is -1.47. The van der Waals surface area contributed by atoms with Crippen LogP contribution in [0.2, 0.25) is 5.02 Å². The van der Waals surface area contributed by atoms with Crippen LogP contribution in [0.3, 0.4) is 0 Å². The highest BCUT2D eigenvalue weighted by Gasteiger charge is 2.38. The number of ether oxygens (including phenoxy) is 1. The molecule has 0 unspecified atom stereocenters. The van der Waals surface area contributed by atoms with Crippen LogP contribution in [0, 0.1) is 19.7 Å². The molecule has 1 saturated heterocycles. The summed E-state index contributed by atoms with van der Waals surface area (Å²) in [7, 11) is -3.51. The van der Waals surface area contributed by atoms with E-state index in [-0.39, 0.29) is 12.7 Å². The molecule has 0 radical (unpaired) electrons. The molecule has 0 atom stereocenters. The fourth-order valence-corrected chi connectivity index (χ4v) is 4.71. The van der Waals surface area contributed by atoms with Crippen molar-refractivity contribution in [1.29, 1.82) is 0 Å². The number of halogens is 2. The maximum Gasteiger partial charge on any atom is 0.243 e. The number of nitrogens with zero attached hydrogens (tertiary/aromatic N) is 1. The van der Waals surface area contributed by atoms with Crippen LogP contribution in [-0.2, 0) is 21.4 Å². The van der Waals surface area contributed by atoms with Gasteiger partial charge in [-0.2, -0.15) is 4.31 Å². The minimum Gasteiger partial charge on any atom is -0.371 e. The van der Waals surface area contributed by atoms with Gasteiger partial charge < -0.3 is 4.74 Å². The lowest BCUT2D eigenvalue weighted by atomic mass is 10.2. The second kappa shape index (κ2) is 7.03. The largest absolute Gasteiger partial charge is 0.371 e. The van der Waals surface area contributed by atoms with Crippen LogP contribution in [0.4, 0.5) is 4.39 Å². The summed E-state index contributed by atoms with van der Waals surface area (Å²) in [5.74, 6) is -0.400. The van der Waals surface area contributed by atoms with Gasteiger partial charge in [-0.25, -0.2) is 12.8 Å². The van der Waals surface area contributed by atoms with Crippen LogP contribution >= 0.6 is 11.6 Å². The first kappa shape index (κ1) is 18.3. The zero-order valence-corrected chi connectivity index (χ0v) is 15.6. The first-order valence-corrected chi connectivity index (χ1v) is 9.72. The Labute approximate surface area is 152 Å². The van der Waals surface area contributed by atoms with E-state index in [0.717, 1.165) is 11.1 Å². The smallest absolute Gasteiger partial charge is 0.243 e. The van der Waals surface area contributed by atoms with Gasteiger partial charge in [-0.15, -0.1) is 0 Å². The maximum absolute atomic E-state index is 13.0. The molecule has 1 aliphatic heterocycles. The molecule has 0 saturated carbocycles. The van der Waals surface area contributed by atoms with Gasteiger partial charge in [-0.05, 0) is 48.7 Å². The van der Waals surface area contributed by atoms with E-state index >= 15 is 0 Å². The zero-order valence-electron chi connectivity index (χ0n) is 14.0. The lowest BCUT2D eigenvalue weighted by Gasteiger charge is -2.38. The molecule has 1 fully saturated rings. The molecule has 0 N–H and O–H groups in total. The molecule has 4 nitrogen and oxygen atoms in total. The average Bonchev–Trinajstić information content (AvgIpc) is 2.49. The van der Waals surface area contributed by atoms with Gasteiger partial charge in [0.05, 0.1) is 17.6 Å². The van der Waals surface area contributed by atoms with Crippen LogP contribution in [-0.4, -0.2) is 31.9 Å². The summed E-state index contributed by atoms with van der Waals surface area (Å²) in [6, 6.07) is 9.52. The van der Waals surface area contributed by atoms with E-state index in [1.165, 1.54) is 16.4 Å². The molecule has 134 valence electrons. The summed E-state index contributed by atoms with van der Waals surface area (Å²) in [6.45, 7) is 4.48. The number of hydrogen-bond acceptors (Lipinski definition) is 3. The van der Waals surface area contributed by atoms with Crippen molar-refractivity contribution in [2.24, 2.45) is 0 Å². The zero-order chi connectivity index (χ0) is 18.2. The third-order valence-corrected chi connectivity index (χ3v) is 6.59. The van der Waals surface area contributed by atoms with Gasteiger partial charge in [0.2, 0.25) is 10.0 Å². The Balaban J connectivity index is 1.61. The molecule has 7 heteroatoms. The second-order valence-electron chi connectivity index (χ2n) is 6.26. The van der Waals surface area contributed by atoms with Crippen molar-refractivity contribution >= 4 is 21.6 Å². The molecule has 0 bridgehead atoms. The van der Waals surface area contributed by atoms with Crippen LogP contribution < -0.4 is 0 Å². The highest BCUT2D eigenvalue weighted by atomic mass is 35.5. The van der Waals surface area contributed by atoms with E-state index in [1.54, 1.807) is 19.1 Å². The minimum atomic E-state index is -3.51. The molecule has 25 heavy (non-hydrogen) atoms. The van der Waals surface area contributed by atoms with E-state index in [1.807, 2.05) is 19.1 Å². The predicted molar refractivity (Wildman–Crippen MR) is 94.7 cm³/mol. The van der Waals surface area contributed by atoms with E-state index < -0.39 is 15.8 Å². The first-order valence-electron chi connectivity index (χ1n) is 7.90. The molecule has 2 aromatic carbocycles. The molecule has 0 spiro atoms. The Kier molecular flexibility index (Phi) is 5.16. The Morgan fingerprint density at radius 3 is 2.60 bits per heavy atom. The number of benzene rings is 2. The first-order chi connectivity index (χ1) is 11.8. The Morgan fingerprint density at radius 1 is 1.20 bits per heavy atom. The molecule has 0 amide bonds. The van der Waals surface area contributed by atoms with Gasteiger partial charge >= 0.3 is 0 Å². The molecule has 1 aliphatic rings. The molecule has 3 rings (SSSR count). The Bertz CT molecular complexity index is 895.